The molecule has 0 spiro atoms. The molecule has 0 aliphatic heterocycles. The number of carbonyl (C=O) groups excluding carboxylic acids is 1. The molecule has 0 bridgehead atoms. The Kier molecular flexibility index (Phi) is 10.2. The van der Waals surface area contributed by atoms with Crippen LogP contribution >= 0.6 is 0 Å². The zero-order valence-electron chi connectivity index (χ0n) is 21.1. The second-order valence-corrected chi connectivity index (χ2v) is 8.43. The van der Waals surface area contributed by atoms with Gasteiger partial charge in [0, 0.05) is 18.2 Å². The Morgan fingerprint density at radius 1 is 0.800 bits per heavy atom. The van der Waals surface area contributed by atoms with Crippen molar-refractivity contribution in [3.05, 3.63) is 83.9 Å². The fraction of sp³-hybridized carbons (Fsp3) is 0.250. The fourth-order valence-electron chi connectivity index (χ4n) is 3.27. The molecule has 3 aromatic carbocycles. The molecule has 3 aromatic rings. The topological polar surface area (TPSA) is 106 Å². The summed E-state index contributed by atoms with van der Waals surface area (Å²) in [7, 11) is 0. The third-order valence-corrected chi connectivity index (χ3v) is 5.22. The van der Waals surface area contributed by atoms with Crippen molar-refractivity contribution in [3.8, 4) is 17.2 Å². The Labute approximate surface area is 227 Å². The van der Waals surface area contributed by atoms with Crippen molar-refractivity contribution in [3.63, 3.8) is 0 Å². The van der Waals surface area contributed by atoms with E-state index in [0.29, 0.717) is 22.7 Å². The van der Waals surface area contributed by atoms with Gasteiger partial charge in [0.25, 0.3) is 0 Å². The Morgan fingerprint density at radius 2 is 1.48 bits per heavy atom. The van der Waals surface area contributed by atoms with Crippen LogP contribution < -0.4 is 25.7 Å². The lowest BCUT2D eigenvalue weighted by Crippen LogP contribution is -2.21. The molecule has 0 saturated carbocycles. The molecule has 0 atom stereocenters. The summed E-state index contributed by atoms with van der Waals surface area (Å²) >= 11 is 0. The maximum atomic E-state index is 14.6. The Hall–Kier alpha value is -4.48. The minimum atomic E-state index is -4.28. The smallest absolute Gasteiger partial charge is 0.426 e. The maximum absolute atomic E-state index is 14.6. The molecule has 0 unspecified atom stereocenters. The highest BCUT2D eigenvalue weighted by molar-refractivity contribution is 5.87. The van der Waals surface area contributed by atoms with E-state index < -0.39 is 30.2 Å². The van der Waals surface area contributed by atoms with Crippen molar-refractivity contribution >= 4 is 23.4 Å². The van der Waals surface area contributed by atoms with Gasteiger partial charge in [0.2, 0.25) is 0 Å². The van der Waals surface area contributed by atoms with Crippen LogP contribution in [0.2, 0.25) is 0 Å². The van der Waals surface area contributed by atoms with E-state index in [2.05, 4.69) is 0 Å². The number of rotatable bonds is 13. The highest BCUT2D eigenvalue weighted by atomic mass is 19.4. The van der Waals surface area contributed by atoms with Crippen LogP contribution in [0.15, 0.2) is 72.8 Å². The summed E-state index contributed by atoms with van der Waals surface area (Å²) in [4.78, 5) is 11.9. The number of alkyl halides is 5. The van der Waals surface area contributed by atoms with E-state index in [1.54, 1.807) is 18.2 Å². The number of carbonyl (C=O) groups is 1. The SMILES string of the molecule is Nc1ccc(OCCOC(=O)/C=C/c2ccc(OC(F)(F)c3ccc(OCCCC(F)(F)F)cc3)cc2)c(N)c1. The molecule has 0 heterocycles. The van der Waals surface area contributed by atoms with Gasteiger partial charge in [-0.15, -0.1) is 0 Å². The number of esters is 1. The number of benzene rings is 3. The van der Waals surface area contributed by atoms with Crippen LogP contribution in [-0.2, 0) is 15.6 Å². The van der Waals surface area contributed by atoms with Gasteiger partial charge in [0.1, 0.15) is 30.5 Å². The van der Waals surface area contributed by atoms with Gasteiger partial charge >= 0.3 is 18.3 Å². The maximum Gasteiger partial charge on any atom is 0.426 e. The van der Waals surface area contributed by atoms with Crippen LogP contribution in [0.25, 0.3) is 6.08 Å². The van der Waals surface area contributed by atoms with E-state index in [0.717, 1.165) is 12.1 Å². The van der Waals surface area contributed by atoms with Crippen LogP contribution in [0.4, 0.5) is 33.3 Å². The Bertz CT molecular complexity index is 1280. The molecule has 0 aliphatic rings. The Balaban J connectivity index is 1.43. The highest BCUT2D eigenvalue weighted by Crippen LogP contribution is 2.33. The molecule has 0 amide bonds. The lowest BCUT2D eigenvalue weighted by atomic mass is 10.2. The lowest BCUT2D eigenvalue weighted by Gasteiger charge is -2.18. The third-order valence-electron chi connectivity index (χ3n) is 5.22. The van der Waals surface area contributed by atoms with Crippen LogP contribution in [0.1, 0.15) is 24.0 Å². The first-order chi connectivity index (χ1) is 18.9. The lowest BCUT2D eigenvalue weighted by molar-refractivity contribution is -0.185. The third kappa shape index (κ3) is 10.0. The molecule has 0 radical (unpaired) electrons. The van der Waals surface area contributed by atoms with E-state index in [1.807, 2.05) is 0 Å². The average molecular weight is 567 g/mol. The van der Waals surface area contributed by atoms with Crippen molar-refractivity contribution in [2.45, 2.75) is 25.1 Å². The average Bonchev–Trinajstić information content (AvgIpc) is 2.89. The zero-order chi connectivity index (χ0) is 29.2. The van der Waals surface area contributed by atoms with Crippen molar-refractivity contribution in [2.24, 2.45) is 0 Å². The number of anilines is 2. The molecule has 4 N–H and O–H groups in total. The van der Waals surface area contributed by atoms with Gasteiger partial charge in [-0.1, -0.05) is 12.1 Å². The summed E-state index contributed by atoms with van der Waals surface area (Å²) in [6.07, 6.45) is -6.58. The predicted octanol–water partition coefficient (Wildman–Crippen LogP) is 6.34. The van der Waals surface area contributed by atoms with Crippen LogP contribution in [-0.4, -0.2) is 32.0 Å². The number of hydrogen-bond acceptors (Lipinski definition) is 7. The molecule has 0 saturated heterocycles. The molecule has 12 heteroatoms. The van der Waals surface area contributed by atoms with Gasteiger partial charge in [0.15, 0.2) is 0 Å². The quantitative estimate of drug-likeness (QED) is 0.0818. The monoisotopic (exact) mass is 566 g/mol. The van der Waals surface area contributed by atoms with E-state index in [-0.39, 0.29) is 37.7 Å². The summed E-state index contributed by atoms with van der Waals surface area (Å²) < 4.78 is 86.1. The summed E-state index contributed by atoms with van der Waals surface area (Å²) in [6, 6.07) is 14.9. The first kappa shape index (κ1) is 30.1. The molecular formula is C28H27F5N2O5. The molecule has 0 fully saturated rings. The van der Waals surface area contributed by atoms with Crippen molar-refractivity contribution in [1.82, 2.24) is 0 Å². The van der Waals surface area contributed by atoms with Crippen LogP contribution in [0.3, 0.4) is 0 Å². The van der Waals surface area contributed by atoms with Gasteiger partial charge in [-0.3, -0.25) is 0 Å². The minimum Gasteiger partial charge on any atom is -0.494 e. The summed E-state index contributed by atoms with van der Waals surface area (Å²) in [5, 5.41) is 0. The molecular weight excluding hydrogens is 539 g/mol. The Morgan fingerprint density at radius 3 is 2.12 bits per heavy atom. The van der Waals surface area contributed by atoms with Gasteiger partial charge in [-0.25, -0.2) is 4.79 Å². The first-order valence-corrected chi connectivity index (χ1v) is 12.0. The predicted molar refractivity (Wildman–Crippen MR) is 139 cm³/mol. The van der Waals surface area contributed by atoms with Crippen LogP contribution in [0.5, 0.6) is 17.2 Å². The van der Waals surface area contributed by atoms with Gasteiger partial charge in [-0.2, -0.15) is 22.0 Å². The molecule has 3 rings (SSSR count). The van der Waals surface area contributed by atoms with Crippen molar-refractivity contribution < 1.29 is 45.7 Å². The summed E-state index contributed by atoms with van der Waals surface area (Å²) in [5.41, 5.74) is 12.3. The van der Waals surface area contributed by atoms with Gasteiger partial charge in [0.05, 0.1) is 17.9 Å². The second kappa shape index (κ2) is 13.5. The molecule has 0 aromatic heterocycles. The number of nitrogen functional groups attached to an aromatic ring is 2. The van der Waals surface area contributed by atoms with E-state index in [1.165, 1.54) is 48.6 Å². The minimum absolute atomic E-state index is 0.0278. The standard InChI is InChI=1S/C28H27F5N2O5/c29-27(30,31)14-1-15-37-22-10-5-20(6-11-22)28(32,33)40-23-8-2-19(3-9-23)4-13-26(36)39-17-16-38-25-12-7-21(34)18-24(25)35/h2-13,18H,1,14-17,34-35H2/b13-4+. The molecule has 214 valence electrons. The largest absolute Gasteiger partial charge is 0.494 e. The second-order valence-electron chi connectivity index (χ2n) is 8.43. The normalized spacial score (nSPS) is 11.8. The fourth-order valence-corrected chi connectivity index (χ4v) is 3.27. The van der Waals surface area contributed by atoms with Crippen molar-refractivity contribution in [2.75, 3.05) is 31.3 Å². The number of hydrogen-bond donors (Lipinski definition) is 2. The van der Waals surface area contributed by atoms with E-state index in [4.69, 9.17) is 30.4 Å². The molecule has 7 nitrogen and oxygen atoms in total. The highest BCUT2D eigenvalue weighted by Gasteiger charge is 2.34. The van der Waals surface area contributed by atoms with E-state index in [9.17, 15) is 26.7 Å². The number of ether oxygens (including phenoxy) is 4. The summed E-state index contributed by atoms with van der Waals surface area (Å²) in [5.74, 6) is -0.182. The number of nitrogens with two attached hydrogens (primary N) is 2. The first-order valence-electron chi connectivity index (χ1n) is 12.0. The molecule has 40 heavy (non-hydrogen) atoms. The van der Waals surface area contributed by atoms with Crippen LogP contribution in [0, 0.1) is 0 Å². The molecule has 0 aliphatic carbocycles. The van der Waals surface area contributed by atoms with Gasteiger partial charge in [-0.05, 0) is 72.7 Å². The summed E-state index contributed by atoms with van der Waals surface area (Å²) in [6.45, 7) is -0.148. The zero-order valence-corrected chi connectivity index (χ0v) is 21.1. The van der Waals surface area contributed by atoms with E-state index >= 15 is 0 Å². The van der Waals surface area contributed by atoms with Crippen molar-refractivity contribution in [1.29, 1.82) is 0 Å². The van der Waals surface area contributed by atoms with Gasteiger partial charge < -0.3 is 30.4 Å². The number of halogens is 5.